The highest BCUT2D eigenvalue weighted by molar-refractivity contribution is 7.98. The third-order valence-corrected chi connectivity index (χ3v) is 5.73. The maximum absolute atomic E-state index is 13.2. The number of para-hydroxylation sites is 1. The lowest BCUT2D eigenvalue weighted by Gasteiger charge is -2.12. The molecule has 11 heteroatoms. The SMILES string of the molecule is FC(F)(F)Cn1c(SCc2csc(Nc3ccccc3)n2)nnc1-c1ccncc1. The molecule has 0 spiro atoms. The zero-order valence-corrected chi connectivity index (χ0v) is 17.0. The van der Waals surface area contributed by atoms with Crippen LogP contribution < -0.4 is 5.32 Å². The molecule has 1 aromatic carbocycles. The number of rotatable bonds is 7. The molecular weight excluding hydrogens is 433 g/mol. The Morgan fingerprint density at radius 3 is 2.53 bits per heavy atom. The van der Waals surface area contributed by atoms with Crippen LogP contribution in [0.1, 0.15) is 5.69 Å². The Morgan fingerprint density at radius 2 is 1.80 bits per heavy atom. The van der Waals surface area contributed by atoms with Crippen molar-refractivity contribution >= 4 is 33.9 Å². The van der Waals surface area contributed by atoms with E-state index in [1.54, 1.807) is 12.1 Å². The summed E-state index contributed by atoms with van der Waals surface area (Å²) in [6.07, 6.45) is -1.39. The van der Waals surface area contributed by atoms with E-state index >= 15 is 0 Å². The van der Waals surface area contributed by atoms with E-state index in [1.165, 1.54) is 35.5 Å². The molecule has 0 amide bonds. The Kier molecular flexibility index (Phi) is 6.00. The molecule has 4 aromatic rings. The first-order chi connectivity index (χ1) is 14.5. The number of nitrogens with one attached hydrogen (secondary N) is 1. The van der Waals surface area contributed by atoms with Crippen LogP contribution in [0.5, 0.6) is 0 Å². The van der Waals surface area contributed by atoms with Gasteiger partial charge < -0.3 is 5.32 Å². The monoisotopic (exact) mass is 448 g/mol. The van der Waals surface area contributed by atoms with E-state index < -0.39 is 12.7 Å². The fraction of sp³-hybridized carbons (Fsp3) is 0.158. The summed E-state index contributed by atoms with van der Waals surface area (Å²) in [6, 6.07) is 12.8. The third-order valence-electron chi connectivity index (χ3n) is 3.92. The largest absolute Gasteiger partial charge is 0.406 e. The van der Waals surface area contributed by atoms with Crippen molar-refractivity contribution in [1.29, 1.82) is 0 Å². The summed E-state index contributed by atoms with van der Waals surface area (Å²) in [6.45, 7) is -1.17. The molecule has 0 saturated heterocycles. The second-order valence-electron chi connectivity index (χ2n) is 6.17. The standard InChI is InChI=1S/C19H15F3N6S2/c20-19(21,22)12-28-16(13-6-8-23-9-7-13)26-27-18(28)30-11-15-10-29-17(25-15)24-14-4-2-1-3-5-14/h1-10H,11-12H2,(H,24,25). The number of alkyl halides is 3. The van der Waals surface area contributed by atoms with Crippen LogP contribution in [0.3, 0.4) is 0 Å². The Bertz CT molecular complexity index is 1100. The summed E-state index contributed by atoms with van der Waals surface area (Å²) < 4.78 is 40.5. The molecule has 0 unspecified atom stereocenters. The first-order valence-electron chi connectivity index (χ1n) is 8.77. The van der Waals surface area contributed by atoms with E-state index in [4.69, 9.17) is 0 Å². The molecule has 0 bridgehead atoms. The van der Waals surface area contributed by atoms with Gasteiger partial charge in [0.05, 0.1) is 5.69 Å². The molecule has 0 fully saturated rings. The van der Waals surface area contributed by atoms with Gasteiger partial charge in [0.25, 0.3) is 0 Å². The number of anilines is 2. The van der Waals surface area contributed by atoms with Crippen molar-refractivity contribution < 1.29 is 13.2 Å². The minimum atomic E-state index is -4.40. The van der Waals surface area contributed by atoms with Crippen molar-refractivity contribution in [1.82, 2.24) is 24.7 Å². The van der Waals surface area contributed by atoms with Gasteiger partial charge in [0, 0.05) is 34.8 Å². The lowest BCUT2D eigenvalue weighted by Crippen LogP contribution is -2.19. The minimum absolute atomic E-state index is 0.155. The normalized spacial score (nSPS) is 11.6. The first kappa shape index (κ1) is 20.4. The van der Waals surface area contributed by atoms with Crippen molar-refractivity contribution in [2.75, 3.05) is 5.32 Å². The highest BCUT2D eigenvalue weighted by atomic mass is 32.2. The van der Waals surface area contributed by atoms with Gasteiger partial charge in [0.15, 0.2) is 16.1 Å². The molecule has 3 aromatic heterocycles. The van der Waals surface area contributed by atoms with E-state index in [9.17, 15) is 13.2 Å². The summed E-state index contributed by atoms with van der Waals surface area (Å²) in [5.41, 5.74) is 2.19. The predicted molar refractivity (Wildman–Crippen MR) is 111 cm³/mol. The van der Waals surface area contributed by atoms with Gasteiger partial charge in [-0.15, -0.1) is 21.5 Å². The average molecular weight is 448 g/mol. The summed E-state index contributed by atoms with van der Waals surface area (Å²) in [4.78, 5) is 8.38. The molecule has 4 rings (SSSR count). The van der Waals surface area contributed by atoms with Crippen molar-refractivity contribution in [3.63, 3.8) is 0 Å². The Labute approximate surface area is 178 Å². The Morgan fingerprint density at radius 1 is 1.03 bits per heavy atom. The molecule has 154 valence electrons. The molecule has 6 nitrogen and oxygen atoms in total. The molecule has 30 heavy (non-hydrogen) atoms. The summed E-state index contributed by atoms with van der Waals surface area (Å²) in [5, 5.41) is 13.9. The number of halogens is 3. The number of thioether (sulfide) groups is 1. The van der Waals surface area contributed by atoms with Gasteiger partial charge in [-0.3, -0.25) is 9.55 Å². The lowest BCUT2D eigenvalue weighted by atomic mass is 10.2. The van der Waals surface area contributed by atoms with Crippen LogP contribution in [0.15, 0.2) is 65.4 Å². The van der Waals surface area contributed by atoms with Crippen molar-refractivity contribution in [2.24, 2.45) is 0 Å². The highest BCUT2D eigenvalue weighted by Crippen LogP contribution is 2.31. The minimum Gasteiger partial charge on any atom is -0.332 e. The van der Waals surface area contributed by atoms with Gasteiger partial charge in [-0.05, 0) is 24.3 Å². The molecule has 0 atom stereocenters. The predicted octanol–water partition coefficient (Wildman–Crippen LogP) is 5.39. The van der Waals surface area contributed by atoms with Crippen molar-refractivity contribution in [3.05, 3.63) is 65.9 Å². The quantitative estimate of drug-likeness (QED) is 0.382. The molecule has 0 radical (unpaired) electrons. The van der Waals surface area contributed by atoms with Crippen LogP contribution in [-0.2, 0) is 12.3 Å². The van der Waals surface area contributed by atoms with Gasteiger partial charge >= 0.3 is 6.18 Å². The molecule has 0 aliphatic rings. The van der Waals surface area contributed by atoms with Gasteiger partial charge in [-0.25, -0.2) is 4.98 Å². The van der Waals surface area contributed by atoms with Crippen LogP contribution in [-0.4, -0.2) is 30.9 Å². The zero-order chi connectivity index (χ0) is 21.0. The third kappa shape index (κ3) is 5.16. The van der Waals surface area contributed by atoms with E-state index in [0.717, 1.165) is 15.9 Å². The summed E-state index contributed by atoms with van der Waals surface area (Å²) in [5.74, 6) is 0.529. The zero-order valence-electron chi connectivity index (χ0n) is 15.4. The average Bonchev–Trinajstić information content (AvgIpc) is 3.33. The summed E-state index contributed by atoms with van der Waals surface area (Å²) >= 11 is 2.60. The van der Waals surface area contributed by atoms with Crippen LogP contribution >= 0.6 is 23.1 Å². The van der Waals surface area contributed by atoms with Crippen LogP contribution in [0.4, 0.5) is 24.0 Å². The molecular formula is C19H15F3N6S2. The Balaban J connectivity index is 1.50. The number of nitrogens with zero attached hydrogens (tertiary/aromatic N) is 5. The van der Waals surface area contributed by atoms with Crippen molar-refractivity contribution in [2.45, 2.75) is 23.6 Å². The van der Waals surface area contributed by atoms with Crippen molar-refractivity contribution in [3.8, 4) is 11.4 Å². The second-order valence-corrected chi connectivity index (χ2v) is 7.97. The molecule has 0 aliphatic carbocycles. The lowest BCUT2D eigenvalue weighted by molar-refractivity contribution is -0.141. The number of benzene rings is 1. The molecule has 0 aliphatic heterocycles. The number of hydrogen-bond donors (Lipinski definition) is 1. The highest BCUT2D eigenvalue weighted by Gasteiger charge is 2.31. The Hall–Kier alpha value is -2.92. The van der Waals surface area contributed by atoms with Crippen LogP contribution in [0.2, 0.25) is 0 Å². The van der Waals surface area contributed by atoms with Crippen LogP contribution in [0.25, 0.3) is 11.4 Å². The second kappa shape index (κ2) is 8.84. The molecule has 3 heterocycles. The molecule has 1 N–H and O–H groups in total. The van der Waals surface area contributed by atoms with E-state index in [1.807, 2.05) is 35.7 Å². The maximum atomic E-state index is 13.2. The first-order valence-corrected chi connectivity index (χ1v) is 10.6. The smallest absolute Gasteiger partial charge is 0.332 e. The number of thiazole rings is 1. The fourth-order valence-electron chi connectivity index (χ4n) is 2.65. The van der Waals surface area contributed by atoms with E-state index in [2.05, 4.69) is 25.5 Å². The van der Waals surface area contributed by atoms with Crippen LogP contribution in [0, 0.1) is 0 Å². The number of aromatic nitrogens is 5. The number of hydrogen-bond acceptors (Lipinski definition) is 7. The van der Waals surface area contributed by atoms with Gasteiger partial charge in [-0.1, -0.05) is 30.0 Å². The van der Waals surface area contributed by atoms with Gasteiger partial charge in [-0.2, -0.15) is 13.2 Å². The van der Waals surface area contributed by atoms with Gasteiger partial charge in [0.2, 0.25) is 0 Å². The van der Waals surface area contributed by atoms with E-state index in [0.29, 0.717) is 16.4 Å². The topological polar surface area (TPSA) is 68.5 Å². The van der Waals surface area contributed by atoms with Gasteiger partial charge in [0.1, 0.15) is 6.54 Å². The molecule has 0 saturated carbocycles. The number of pyridine rings is 1. The maximum Gasteiger partial charge on any atom is 0.406 e. The summed E-state index contributed by atoms with van der Waals surface area (Å²) in [7, 11) is 0. The van der Waals surface area contributed by atoms with E-state index in [-0.39, 0.29) is 11.0 Å². The fourth-order valence-corrected chi connectivity index (χ4v) is 4.31.